The first-order valence-electron chi connectivity index (χ1n) is 8.91. The smallest absolute Gasteiger partial charge is 0.308 e. The highest BCUT2D eigenvalue weighted by molar-refractivity contribution is 5.79. The molecule has 8 nitrogen and oxygen atoms in total. The van der Waals surface area contributed by atoms with E-state index in [0.717, 1.165) is 11.3 Å². The lowest BCUT2D eigenvalue weighted by Crippen LogP contribution is -2.30. The zero-order valence-corrected chi connectivity index (χ0v) is 15.0. The fraction of sp³-hybridized carbons (Fsp3) is 0.421. The van der Waals surface area contributed by atoms with Crippen LogP contribution in [0.3, 0.4) is 0 Å². The van der Waals surface area contributed by atoms with Gasteiger partial charge in [-0.2, -0.15) is 5.10 Å². The third-order valence-corrected chi connectivity index (χ3v) is 5.14. The minimum atomic E-state index is -0.893. The fourth-order valence-electron chi connectivity index (χ4n) is 3.70. The maximum absolute atomic E-state index is 12.6. The Balaban J connectivity index is 1.46. The summed E-state index contributed by atoms with van der Waals surface area (Å²) in [6.45, 7) is 3.14. The maximum Gasteiger partial charge on any atom is 0.308 e. The van der Waals surface area contributed by atoms with Crippen LogP contribution in [-0.2, 0) is 16.1 Å². The Morgan fingerprint density at radius 2 is 2.04 bits per heavy atom. The van der Waals surface area contributed by atoms with Crippen molar-refractivity contribution in [2.75, 3.05) is 19.9 Å². The molecular weight excluding hydrogens is 350 g/mol. The first-order chi connectivity index (χ1) is 13.0. The van der Waals surface area contributed by atoms with Gasteiger partial charge in [-0.15, -0.1) is 0 Å². The monoisotopic (exact) mass is 371 g/mol. The van der Waals surface area contributed by atoms with Gasteiger partial charge >= 0.3 is 5.97 Å². The van der Waals surface area contributed by atoms with Gasteiger partial charge in [-0.3, -0.25) is 14.3 Å². The Bertz CT molecular complexity index is 878. The number of carboxylic acids is 1. The van der Waals surface area contributed by atoms with Gasteiger partial charge in [0.25, 0.3) is 0 Å². The van der Waals surface area contributed by atoms with E-state index < -0.39 is 11.9 Å². The molecule has 0 saturated carbocycles. The van der Waals surface area contributed by atoms with Crippen LogP contribution >= 0.6 is 0 Å². The van der Waals surface area contributed by atoms with Crippen LogP contribution < -0.4 is 9.47 Å². The Hall–Kier alpha value is -3.03. The van der Waals surface area contributed by atoms with E-state index in [4.69, 9.17) is 9.47 Å². The first-order valence-corrected chi connectivity index (χ1v) is 8.91. The van der Waals surface area contributed by atoms with E-state index in [1.807, 2.05) is 31.3 Å². The van der Waals surface area contributed by atoms with Crippen LogP contribution in [0.5, 0.6) is 11.5 Å². The van der Waals surface area contributed by atoms with Gasteiger partial charge in [0.1, 0.15) is 0 Å². The van der Waals surface area contributed by atoms with E-state index in [9.17, 15) is 14.7 Å². The van der Waals surface area contributed by atoms with Gasteiger partial charge in [0, 0.05) is 38.2 Å². The molecular formula is C19H21N3O5. The second kappa shape index (κ2) is 6.94. The van der Waals surface area contributed by atoms with Crippen LogP contribution in [0, 0.1) is 12.8 Å². The predicted octanol–water partition coefficient (Wildman–Crippen LogP) is 1.64. The predicted molar refractivity (Wildman–Crippen MR) is 94.6 cm³/mol. The van der Waals surface area contributed by atoms with Crippen molar-refractivity contribution >= 4 is 11.9 Å². The number of amides is 1. The quantitative estimate of drug-likeness (QED) is 0.859. The topological polar surface area (TPSA) is 93.9 Å². The van der Waals surface area contributed by atoms with Crippen molar-refractivity contribution in [1.82, 2.24) is 14.7 Å². The average Bonchev–Trinajstić information content (AvgIpc) is 3.37. The molecule has 3 heterocycles. The van der Waals surface area contributed by atoms with Crippen molar-refractivity contribution in [1.29, 1.82) is 0 Å². The van der Waals surface area contributed by atoms with Crippen LogP contribution in [0.15, 0.2) is 30.5 Å². The van der Waals surface area contributed by atoms with Gasteiger partial charge in [0.15, 0.2) is 11.5 Å². The van der Waals surface area contributed by atoms with Crippen molar-refractivity contribution in [3.05, 3.63) is 41.7 Å². The zero-order chi connectivity index (χ0) is 19.0. The fourth-order valence-corrected chi connectivity index (χ4v) is 3.70. The summed E-state index contributed by atoms with van der Waals surface area (Å²) in [5.41, 5.74) is 1.75. The molecule has 2 aromatic rings. The number of aromatic nitrogens is 2. The minimum absolute atomic E-state index is 0.0577. The summed E-state index contributed by atoms with van der Waals surface area (Å²) in [6.07, 6.45) is 2.13. The molecule has 1 aromatic carbocycles. The molecule has 1 amide bonds. The number of carbonyl (C=O) groups excluding carboxylic acids is 1. The number of benzene rings is 1. The number of fused-ring (bicyclic) bond motifs is 1. The second-order valence-electron chi connectivity index (χ2n) is 6.93. The number of nitrogens with zero attached hydrogens (tertiary/aromatic N) is 3. The number of carbonyl (C=O) groups is 2. The summed E-state index contributed by atoms with van der Waals surface area (Å²) >= 11 is 0. The van der Waals surface area contributed by atoms with Crippen molar-refractivity contribution in [3.8, 4) is 11.5 Å². The van der Waals surface area contributed by atoms with Crippen molar-refractivity contribution < 1.29 is 24.2 Å². The van der Waals surface area contributed by atoms with Gasteiger partial charge in [-0.1, -0.05) is 6.07 Å². The summed E-state index contributed by atoms with van der Waals surface area (Å²) in [7, 11) is 0. The average molecular weight is 371 g/mol. The van der Waals surface area contributed by atoms with Crippen molar-refractivity contribution in [2.24, 2.45) is 5.92 Å². The third kappa shape index (κ3) is 3.47. The molecule has 2 unspecified atom stereocenters. The molecule has 1 N–H and O–H groups in total. The maximum atomic E-state index is 12.6. The molecule has 0 radical (unpaired) electrons. The van der Waals surface area contributed by atoms with Crippen LogP contribution in [0.4, 0.5) is 0 Å². The standard InChI is InChI=1S/C19H21N3O5/c1-12-4-6-22(20-12)7-5-18(23)21-9-14(15(10-21)19(24)25)13-2-3-16-17(8-13)27-11-26-16/h2-4,6,8,14-15H,5,7,9-11H2,1H3,(H,24,25). The summed E-state index contributed by atoms with van der Waals surface area (Å²) in [4.78, 5) is 26.0. The highest BCUT2D eigenvalue weighted by Gasteiger charge is 2.40. The Morgan fingerprint density at radius 1 is 1.22 bits per heavy atom. The number of likely N-dealkylation sites (tertiary alicyclic amines) is 1. The van der Waals surface area contributed by atoms with Gasteiger partial charge in [0.2, 0.25) is 12.7 Å². The zero-order valence-electron chi connectivity index (χ0n) is 15.0. The molecule has 27 heavy (non-hydrogen) atoms. The summed E-state index contributed by atoms with van der Waals surface area (Å²) in [5, 5.41) is 13.9. The van der Waals surface area contributed by atoms with Gasteiger partial charge < -0.3 is 19.5 Å². The Labute approximate surface area is 156 Å². The molecule has 8 heteroatoms. The lowest BCUT2D eigenvalue weighted by molar-refractivity contribution is -0.141. The highest BCUT2D eigenvalue weighted by atomic mass is 16.7. The molecule has 4 rings (SSSR count). The van der Waals surface area contributed by atoms with E-state index in [1.54, 1.807) is 15.6 Å². The third-order valence-electron chi connectivity index (χ3n) is 5.14. The lowest BCUT2D eigenvalue weighted by Gasteiger charge is -2.17. The summed E-state index contributed by atoms with van der Waals surface area (Å²) < 4.78 is 12.4. The number of aliphatic carboxylic acids is 1. The van der Waals surface area contributed by atoms with E-state index in [1.165, 1.54) is 0 Å². The van der Waals surface area contributed by atoms with Crippen molar-refractivity contribution in [2.45, 2.75) is 25.8 Å². The molecule has 2 aliphatic rings. The number of aryl methyl sites for hydroxylation is 2. The molecule has 2 aliphatic heterocycles. The molecule has 1 saturated heterocycles. The van der Waals surface area contributed by atoms with Crippen LogP contribution in [0.2, 0.25) is 0 Å². The van der Waals surface area contributed by atoms with Gasteiger partial charge in [-0.25, -0.2) is 0 Å². The number of ether oxygens (including phenoxy) is 2. The molecule has 1 aromatic heterocycles. The van der Waals surface area contributed by atoms with Crippen LogP contribution in [-0.4, -0.2) is 51.5 Å². The molecule has 0 spiro atoms. The van der Waals surface area contributed by atoms with Crippen LogP contribution in [0.25, 0.3) is 0 Å². The molecule has 2 atom stereocenters. The number of hydrogen-bond acceptors (Lipinski definition) is 5. The Morgan fingerprint density at radius 3 is 2.78 bits per heavy atom. The normalized spacial score (nSPS) is 20.9. The first kappa shape index (κ1) is 17.4. The van der Waals surface area contributed by atoms with E-state index in [-0.39, 0.29) is 25.2 Å². The number of hydrogen-bond donors (Lipinski definition) is 1. The van der Waals surface area contributed by atoms with E-state index in [2.05, 4.69) is 5.10 Å². The molecule has 1 fully saturated rings. The molecule has 0 aliphatic carbocycles. The minimum Gasteiger partial charge on any atom is -0.481 e. The summed E-state index contributed by atoms with van der Waals surface area (Å²) in [5.74, 6) is -0.580. The molecule has 142 valence electrons. The number of rotatable bonds is 5. The van der Waals surface area contributed by atoms with Gasteiger partial charge in [-0.05, 0) is 30.7 Å². The second-order valence-corrected chi connectivity index (χ2v) is 6.93. The van der Waals surface area contributed by atoms with E-state index in [0.29, 0.717) is 31.0 Å². The SMILES string of the molecule is Cc1ccn(CCC(=O)N2CC(C(=O)O)C(c3ccc4c(c3)OCO4)C2)n1. The van der Waals surface area contributed by atoms with Crippen LogP contribution in [0.1, 0.15) is 23.6 Å². The largest absolute Gasteiger partial charge is 0.481 e. The van der Waals surface area contributed by atoms with E-state index >= 15 is 0 Å². The highest BCUT2D eigenvalue weighted by Crippen LogP contribution is 2.39. The van der Waals surface area contributed by atoms with Crippen molar-refractivity contribution in [3.63, 3.8) is 0 Å². The lowest BCUT2D eigenvalue weighted by atomic mass is 9.89. The summed E-state index contributed by atoms with van der Waals surface area (Å²) in [6, 6.07) is 7.36. The number of carboxylic acid groups (broad SMARTS) is 1. The Kier molecular flexibility index (Phi) is 4.47. The molecule has 0 bridgehead atoms. The van der Waals surface area contributed by atoms with Gasteiger partial charge in [0.05, 0.1) is 11.6 Å².